The Morgan fingerprint density at radius 3 is 2.81 bits per heavy atom. The molecule has 0 bridgehead atoms. The van der Waals surface area contributed by atoms with Gasteiger partial charge in [-0.05, 0) is 25.5 Å². The molecule has 1 N–H and O–H groups in total. The molecule has 0 saturated carbocycles. The third-order valence-corrected chi connectivity index (χ3v) is 3.42. The van der Waals surface area contributed by atoms with E-state index >= 15 is 0 Å². The average Bonchev–Trinajstić information content (AvgIpc) is 2.82. The van der Waals surface area contributed by atoms with E-state index < -0.39 is 5.97 Å². The van der Waals surface area contributed by atoms with Crippen LogP contribution >= 0.6 is 0 Å². The van der Waals surface area contributed by atoms with Crippen LogP contribution in [-0.4, -0.2) is 33.8 Å². The van der Waals surface area contributed by atoms with Crippen LogP contribution < -0.4 is 0 Å². The number of nitrogens with zero attached hydrogens (tertiary/aromatic N) is 2. The molecule has 0 aliphatic carbocycles. The number of hydrogen-bond acceptors (Lipinski definition) is 3. The van der Waals surface area contributed by atoms with E-state index in [0.29, 0.717) is 30.8 Å². The summed E-state index contributed by atoms with van der Waals surface area (Å²) in [5, 5.41) is 9.40. The summed E-state index contributed by atoms with van der Waals surface area (Å²) in [6.45, 7) is 8.19. The Hall–Kier alpha value is -1.88. The number of hydrogen-bond donors (Lipinski definition) is 1. The van der Waals surface area contributed by atoms with Crippen LogP contribution in [0.3, 0.4) is 0 Å². The fourth-order valence-corrected chi connectivity index (χ4v) is 2.51. The van der Waals surface area contributed by atoms with Gasteiger partial charge in [0, 0.05) is 25.7 Å². The number of carbonyl (C=O) groups is 1. The van der Waals surface area contributed by atoms with Crippen LogP contribution in [-0.2, 0) is 11.3 Å². The first kappa shape index (κ1) is 15.5. The SMILES string of the molecule is CCOCCCn1c(C(C)C)nc2cccc(C(=O)O)c21. The minimum absolute atomic E-state index is 0.242. The molecule has 114 valence electrons. The zero-order valence-corrected chi connectivity index (χ0v) is 12.8. The van der Waals surface area contributed by atoms with E-state index in [4.69, 9.17) is 4.74 Å². The molecule has 2 rings (SSSR count). The van der Waals surface area contributed by atoms with Crippen LogP contribution in [0.4, 0.5) is 0 Å². The fraction of sp³-hybridized carbons (Fsp3) is 0.500. The van der Waals surface area contributed by atoms with Crippen molar-refractivity contribution in [3.8, 4) is 0 Å². The van der Waals surface area contributed by atoms with Gasteiger partial charge in [0.05, 0.1) is 16.6 Å². The van der Waals surface area contributed by atoms with Crippen molar-refractivity contribution in [2.75, 3.05) is 13.2 Å². The lowest BCUT2D eigenvalue weighted by Gasteiger charge is -2.12. The van der Waals surface area contributed by atoms with Gasteiger partial charge in [0.2, 0.25) is 0 Å². The molecule has 0 aliphatic rings. The largest absolute Gasteiger partial charge is 0.478 e. The summed E-state index contributed by atoms with van der Waals surface area (Å²) in [7, 11) is 0. The summed E-state index contributed by atoms with van der Waals surface area (Å²) < 4.78 is 7.40. The predicted molar refractivity (Wildman–Crippen MR) is 81.9 cm³/mol. The Kier molecular flexibility index (Phi) is 4.96. The topological polar surface area (TPSA) is 64.4 Å². The summed E-state index contributed by atoms with van der Waals surface area (Å²) >= 11 is 0. The molecule has 1 aromatic carbocycles. The van der Waals surface area contributed by atoms with Crippen molar-refractivity contribution in [3.63, 3.8) is 0 Å². The highest BCUT2D eigenvalue weighted by molar-refractivity contribution is 6.01. The molecule has 0 aliphatic heterocycles. The Bertz CT molecular complexity index is 632. The van der Waals surface area contributed by atoms with Gasteiger partial charge in [-0.25, -0.2) is 9.78 Å². The second-order valence-corrected chi connectivity index (χ2v) is 5.31. The maximum absolute atomic E-state index is 11.5. The number of rotatable bonds is 7. The summed E-state index contributed by atoms with van der Waals surface area (Å²) in [5.74, 6) is 0.253. The maximum Gasteiger partial charge on any atom is 0.337 e. The molecule has 21 heavy (non-hydrogen) atoms. The van der Waals surface area contributed by atoms with Crippen molar-refractivity contribution >= 4 is 17.0 Å². The van der Waals surface area contributed by atoms with E-state index in [9.17, 15) is 9.90 Å². The zero-order valence-electron chi connectivity index (χ0n) is 12.8. The molecule has 0 saturated heterocycles. The van der Waals surface area contributed by atoms with E-state index in [1.165, 1.54) is 0 Å². The molecular formula is C16H22N2O3. The lowest BCUT2D eigenvalue weighted by atomic mass is 10.1. The number of carboxylic acid groups (broad SMARTS) is 1. The Balaban J connectivity index is 2.47. The van der Waals surface area contributed by atoms with Crippen LogP contribution in [0.15, 0.2) is 18.2 Å². The van der Waals surface area contributed by atoms with E-state index in [1.54, 1.807) is 12.1 Å². The standard InChI is InChI=1S/C16H22N2O3/c1-4-21-10-6-9-18-14-12(16(19)20)7-5-8-13(14)17-15(18)11(2)3/h5,7-8,11H,4,6,9-10H2,1-3H3,(H,19,20). The number of aromatic carboxylic acids is 1. The summed E-state index contributed by atoms with van der Waals surface area (Å²) in [4.78, 5) is 16.1. The van der Waals surface area contributed by atoms with Gasteiger partial charge in [0.1, 0.15) is 5.82 Å². The monoisotopic (exact) mass is 290 g/mol. The highest BCUT2D eigenvalue weighted by atomic mass is 16.5. The lowest BCUT2D eigenvalue weighted by Crippen LogP contribution is -2.10. The van der Waals surface area contributed by atoms with E-state index in [-0.39, 0.29) is 5.92 Å². The second-order valence-electron chi connectivity index (χ2n) is 5.31. The number of fused-ring (bicyclic) bond motifs is 1. The van der Waals surface area contributed by atoms with Gasteiger partial charge < -0.3 is 14.4 Å². The molecule has 0 radical (unpaired) electrons. The van der Waals surface area contributed by atoms with Crippen LogP contribution in [0.2, 0.25) is 0 Å². The molecule has 1 heterocycles. The third-order valence-electron chi connectivity index (χ3n) is 3.42. The number of imidazole rings is 1. The average molecular weight is 290 g/mol. The molecule has 0 spiro atoms. The molecule has 0 unspecified atom stereocenters. The summed E-state index contributed by atoms with van der Waals surface area (Å²) in [5.41, 5.74) is 1.77. The van der Waals surface area contributed by atoms with Gasteiger partial charge >= 0.3 is 5.97 Å². The van der Waals surface area contributed by atoms with Crippen LogP contribution in [0, 0.1) is 0 Å². The quantitative estimate of drug-likeness (QED) is 0.795. The molecule has 0 amide bonds. The van der Waals surface area contributed by atoms with Gasteiger partial charge in [-0.3, -0.25) is 0 Å². The molecule has 1 aromatic heterocycles. The molecule has 0 fully saturated rings. The van der Waals surface area contributed by atoms with Crippen molar-refractivity contribution in [1.29, 1.82) is 0 Å². The number of para-hydroxylation sites is 1. The van der Waals surface area contributed by atoms with Gasteiger partial charge in [-0.2, -0.15) is 0 Å². The third kappa shape index (κ3) is 3.24. The van der Waals surface area contributed by atoms with Crippen molar-refractivity contribution in [2.24, 2.45) is 0 Å². The molecule has 5 heteroatoms. The minimum Gasteiger partial charge on any atom is -0.478 e. The minimum atomic E-state index is -0.915. The first-order chi connectivity index (χ1) is 10.1. The summed E-state index contributed by atoms with van der Waals surface area (Å²) in [6.07, 6.45) is 0.840. The predicted octanol–water partition coefficient (Wildman–Crippen LogP) is 3.28. The van der Waals surface area contributed by atoms with Gasteiger partial charge in [0.15, 0.2) is 0 Å². The zero-order chi connectivity index (χ0) is 15.4. The summed E-state index contributed by atoms with van der Waals surface area (Å²) in [6, 6.07) is 5.25. The van der Waals surface area contributed by atoms with Gasteiger partial charge in [-0.15, -0.1) is 0 Å². The molecule has 5 nitrogen and oxygen atoms in total. The number of carboxylic acids is 1. The molecule has 2 aromatic rings. The fourth-order valence-electron chi connectivity index (χ4n) is 2.51. The maximum atomic E-state index is 11.5. The normalized spacial score (nSPS) is 11.4. The molecular weight excluding hydrogens is 268 g/mol. The first-order valence-electron chi connectivity index (χ1n) is 7.36. The highest BCUT2D eigenvalue weighted by Gasteiger charge is 2.18. The molecule has 0 atom stereocenters. The van der Waals surface area contributed by atoms with E-state index in [2.05, 4.69) is 18.8 Å². The lowest BCUT2D eigenvalue weighted by molar-refractivity contribution is 0.0698. The van der Waals surface area contributed by atoms with Crippen molar-refractivity contribution in [2.45, 2.75) is 39.7 Å². The smallest absolute Gasteiger partial charge is 0.337 e. The Morgan fingerprint density at radius 1 is 1.43 bits per heavy atom. The van der Waals surface area contributed by atoms with E-state index in [0.717, 1.165) is 17.8 Å². The van der Waals surface area contributed by atoms with Crippen LogP contribution in [0.1, 0.15) is 49.3 Å². The number of aryl methyl sites for hydroxylation is 1. The van der Waals surface area contributed by atoms with Crippen molar-refractivity contribution in [1.82, 2.24) is 9.55 Å². The number of benzene rings is 1. The highest BCUT2D eigenvalue weighted by Crippen LogP contribution is 2.25. The van der Waals surface area contributed by atoms with Crippen molar-refractivity contribution < 1.29 is 14.6 Å². The van der Waals surface area contributed by atoms with Crippen LogP contribution in [0.5, 0.6) is 0 Å². The Morgan fingerprint density at radius 2 is 2.19 bits per heavy atom. The van der Waals surface area contributed by atoms with E-state index in [1.807, 2.05) is 17.6 Å². The van der Waals surface area contributed by atoms with Gasteiger partial charge in [-0.1, -0.05) is 19.9 Å². The van der Waals surface area contributed by atoms with Crippen LogP contribution in [0.25, 0.3) is 11.0 Å². The number of ether oxygens (including phenoxy) is 1. The number of aromatic nitrogens is 2. The second kappa shape index (κ2) is 6.72. The first-order valence-corrected chi connectivity index (χ1v) is 7.36. The van der Waals surface area contributed by atoms with Gasteiger partial charge in [0.25, 0.3) is 0 Å². The Labute approximate surface area is 124 Å². The van der Waals surface area contributed by atoms with Crippen molar-refractivity contribution in [3.05, 3.63) is 29.6 Å².